The van der Waals surface area contributed by atoms with Gasteiger partial charge in [0.05, 0.1) is 5.92 Å². The van der Waals surface area contributed by atoms with Crippen LogP contribution in [0.3, 0.4) is 0 Å². The van der Waals surface area contributed by atoms with Crippen molar-refractivity contribution < 1.29 is 9.90 Å². The maximum atomic E-state index is 10.8. The number of carboxylic acid groups (broad SMARTS) is 1. The number of aromatic nitrogens is 4. The second-order valence-corrected chi connectivity index (χ2v) is 6.22. The van der Waals surface area contributed by atoms with Gasteiger partial charge in [0, 0.05) is 12.5 Å². The van der Waals surface area contributed by atoms with Gasteiger partial charge in [0.25, 0.3) is 0 Å². The van der Waals surface area contributed by atoms with Crippen molar-refractivity contribution >= 4 is 5.97 Å². The minimum atomic E-state index is -0.768. The van der Waals surface area contributed by atoms with Gasteiger partial charge < -0.3 is 5.11 Å². The molecule has 6 nitrogen and oxygen atoms in total. The van der Waals surface area contributed by atoms with Crippen LogP contribution in [0.1, 0.15) is 58.2 Å². The summed E-state index contributed by atoms with van der Waals surface area (Å²) >= 11 is 0. The maximum absolute atomic E-state index is 10.8. The van der Waals surface area contributed by atoms with Crippen molar-refractivity contribution in [3.05, 3.63) is 5.82 Å². The van der Waals surface area contributed by atoms with E-state index >= 15 is 0 Å². The topological polar surface area (TPSA) is 80.9 Å². The van der Waals surface area contributed by atoms with E-state index in [1.54, 1.807) is 11.6 Å². The number of nitrogens with zero attached hydrogens (tertiary/aromatic N) is 4. The predicted octanol–water partition coefficient (Wildman–Crippen LogP) is 2.08. The summed E-state index contributed by atoms with van der Waals surface area (Å²) < 4.78 is 1.79. The third-order valence-electron chi connectivity index (χ3n) is 4.32. The zero-order valence-electron chi connectivity index (χ0n) is 11.8. The van der Waals surface area contributed by atoms with E-state index in [0.29, 0.717) is 18.9 Å². The Labute approximate surface area is 113 Å². The van der Waals surface area contributed by atoms with Gasteiger partial charge in [-0.15, -0.1) is 5.10 Å². The highest BCUT2D eigenvalue weighted by molar-refractivity contribution is 5.69. The lowest BCUT2D eigenvalue weighted by Gasteiger charge is -2.25. The summed E-state index contributed by atoms with van der Waals surface area (Å²) in [5.41, 5.74) is 0.227. The molecule has 0 aliphatic heterocycles. The Bertz CT molecular complexity index is 455. The Kier molecular flexibility index (Phi) is 3.87. The first-order valence-electron chi connectivity index (χ1n) is 6.90. The maximum Gasteiger partial charge on any atom is 0.306 e. The minimum absolute atomic E-state index is 0.227. The fourth-order valence-corrected chi connectivity index (χ4v) is 2.87. The standard InChI is InChI=1S/C13H22N4O2/c1-9(12(18)19)6-8-17-11(14-15-16-17)10-5-4-7-13(10,2)3/h9-10H,4-8H2,1-3H3,(H,18,19). The molecule has 1 fully saturated rings. The third kappa shape index (κ3) is 2.93. The molecule has 1 aliphatic rings. The summed E-state index contributed by atoms with van der Waals surface area (Å²) in [4.78, 5) is 10.8. The van der Waals surface area contributed by atoms with Crippen LogP contribution in [0, 0.1) is 11.3 Å². The average molecular weight is 266 g/mol. The molecule has 0 radical (unpaired) electrons. The highest BCUT2D eigenvalue weighted by Crippen LogP contribution is 2.47. The molecule has 0 bridgehead atoms. The fraction of sp³-hybridized carbons (Fsp3) is 0.846. The van der Waals surface area contributed by atoms with Gasteiger partial charge in [0.1, 0.15) is 0 Å². The molecule has 2 rings (SSSR count). The molecule has 1 aliphatic carbocycles. The zero-order valence-corrected chi connectivity index (χ0v) is 11.8. The van der Waals surface area contributed by atoms with Crippen molar-refractivity contribution in [2.75, 3.05) is 0 Å². The number of carboxylic acids is 1. The van der Waals surface area contributed by atoms with Crippen molar-refractivity contribution in [3.63, 3.8) is 0 Å². The second-order valence-electron chi connectivity index (χ2n) is 6.22. The van der Waals surface area contributed by atoms with Crippen LogP contribution in [0.4, 0.5) is 0 Å². The number of hydrogen-bond acceptors (Lipinski definition) is 4. The molecule has 0 saturated heterocycles. The number of aryl methyl sites for hydroxylation is 1. The highest BCUT2D eigenvalue weighted by atomic mass is 16.4. The molecule has 2 atom stereocenters. The van der Waals surface area contributed by atoms with E-state index in [-0.39, 0.29) is 11.3 Å². The molecule has 1 N–H and O–H groups in total. The lowest BCUT2D eigenvalue weighted by Crippen LogP contribution is -2.21. The Morgan fingerprint density at radius 2 is 2.32 bits per heavy atom. The number of rotatable bonds is 5. The Morgan fingerprint density at radius 1 is 1.58 bits per heavy atom. The largest absolute Gasteiger partial charge is 0.481 e. The van der Waals surface area contributed by atoms with E-state index < -0.39 is 5.97 Å². The summed E-state index contributed by atoms with van der Waals surface area (Å²) in [5, 5.41) is 20.9. The zero-order chi connectivity index (χ0) is 14.0. The van der Waals surface area contributed by atoms with Crippen molar-refractivity contribution in [1.82, 2.24) is 20.2 Å². The molecule has 19 heavy (non-hydrogen) atoms. The van der Waals surface area contributed by atoms with Gasteiger partial charge in [0.15, 0.2) is 5.82 Å². The molecular formula is C13H22N4O2. The molecule has 106 valence electrons. The lowest BCUT2D eigenvalue weighted by atomic mass is 9.81. The number of aliphatic carboxylic acids is 1. The lowest BCUT2D eigenvalue weighted by molar-refractivity contribution is -0.141. The quantitative estimate of drug-likeness (QED) is 0.882. The normalized spacial score (nSPS) is 23.4. The van der Waals surface area contributed by atoms with Crippen LogP contribution < -0.4 is 0 Å². The van der Waals surface area contributed by atoms with Gasteiger partial charge in [-0.1, -0.05) is 27.2 Å². The Hall–Kier alpha value is -1.46. The van der Waals surface area contributed by atoms with Gasteiger partial charge >= 0.3 is 5.97 Å². The third-order valence-corrected chi connectivity index (χ3v) is 4.32. The van der Waals surface area contributed by atoms with E-state index in [9.17, 15) is 4.79 Å². The van der Waals surface area contributed by atoms with Crippen LogP contribution in [0.5, 0.6) is 0 Å². The van der Waals surface area contributed by atoms with Gasteiger partial charge in [-0.3, -0.25) is 4.79 Å². The highest BCUT2D eigenvalue weighted by Gasteiger charge is 2.38. The van der Waals surface area contributed by atoms with Crippen LogP contribution in [0.25, 0.3) is 0 Å². The molecule has 0 amide bonds. The van der Waals surface area contributed by atoms with E-state index in [1.165, 1.54) is 12.8 Å². The van der Waals surface area contributed by atoms with Gasteiger partial charge in [-0.25, -0.2) is 4.68 Å². The SMILES string of the molecule is CC(CCn1nnnc1C1CCCC1(C)C)C(=O)O. The van der Waals surface area contributed by atoms with E-state index in [0.717, 1.165) is 12.2 Å². The number of carbonyl (C=O) groups is 1. The Balaban J connectivity index is 2.08. The molecule has 1 aromatic rings. The molecular weight excluding hydrogens is 244 g/mol. The molecule has 2 unspecified atom stereocenters. The first-order chi connectivity index (χ1) is 8.92. The van der Waals surface area contributed by atoms with Crippen LogP contribution in [-0.2, 0) is 11.3 Å². The van der Waals surface area contributed by atoms with Crippen molar-refractivity contribution in [2.24, 2.45) is 11.3 Å². The fourth-order valence-electron chi connectivity index (χ4n) is 2.87. The first-order valence-corrected chi connectivity index (χ1v) is 6.90. The monoisotopic (exact) mass is 266 g/mol. The average Bonchev–Trinajstić information content (AvgIpc) is 2.91. The van der Waals surface area contributed by atoms with Crippen molar-refractivity contribution in [3.8, 4) is 0 Å². The van der Waals surface area contributed by atoms with Crippen LogP contribution in [0.15, 0.2) is 0 Å². The molecule has 0 aromatic carbocycles. The van der Waals surface area contributed by atoms with E-state index in [4.69, 9.17) is 5.11 Å². The van der Waals surface area contributed by atoms with Gasteiger partial charge in [-0.05, 0) is 35.1 Å². The second kappa shape index (κ2) is 5.27. The number of hydrogen-bond donors (Lipinski definition) is 1. The number of tetrazole rings is 1. The Morgan fingerprint density at radius 3 is 2.89 bits per heavy atom. The van der Waals surface area contributed by atoms with E-state index in [1.807, 2.05) is 0 Å². The van der Waals surface area contributed by atoms with Crippen molar-refractivity contribution in [1.29, 1.82) is 0 Å². The van der Waals surface area contributed by atoms with Gasteiger partial charge in [0.2, 0.25) is 0 Å². The molecule has 1 saturated carbocycles. The summed E-state index contributed by atoms with van der Waals surface area (Å²) in [5.74, 6) is 0.159. The van der Waals surface area contributed by atoms with Crippen LogP contribution >= 0.6 is 0 Å². The summed E-state index contributed by atoms with van der Waals surface area (Å²) in [6.45, 7) is 6.79. The molecule has 0 spiro atoms. The molecule has 6 heteroatoms. The minimum Gasteiger partial charge on any atom is -0.481 e. The summed E-state index contributed by atoms with van der Waals surface area (Å²) in [7, 11) is 0. The van der Waals surface area contributed by atoms with E-state index in [2.05, 4.69) is 29.4 Å². The van der Waals surface area contributed by atoms with Crippen LogP contribution in [-0.4, -0.2) is 31.3 Å². The van der Waals surface area contributed by atoms with Gasteiger partial charge in [-0.2, -0.15) is 0 Å². The summed E-state index contributed by atoms with van der Waals surface area (Å²) in [6.07, 6.45) is 4.06. The molecule has 1 heterocycles. The smallest absolute Gasteiger partial charge is 0.306 e. The van der Waals surface area contributed by atoms with Crippen LogP contribution in [0.2, 0.25) is 0 Å². The molecule has 1 aromatic heterocycles. The van der Waals surface area contributed by atoms with Crippen molar-refractivity contribution in [2.45, 2.75) is 58.9 Å². The summed E-state index contributed by atoms with van der Waals surface area (Å²) in [6, 6.07) is 0. The predicted molar refractivity (Wildman–Crippen MR) is 69.6 cm³/mol. The first kappa shape index (κ1) is 14.0.